The van der Waals surface area contributed by atoms with Crippen LogP contribution in [0.1, 0.15) is 17.7 Å². The Morgan fingerprint density at radius 1 is 0.906 bits per heavy atom. The number of fused-ring (bicyclic) bond motifs is 2. The normalized spacial score (nSPS) is 16.2. The zero-order chi connectivity index (χ0) is 21.7. The van der Waals surface area contributed by atoms with E-state index in [0.29, 0.717) is 34.3 Å². The number of hydrogen-bond acceptors (Lipinski definition) is 6. The predicted molar refractivity (Wildman–Crippen MR) is 121 cm³/mol. The van der Waals surface area contributed by atoms with Crippen molar-refractivity contribution in [1.82, 2.24) is 15.0 Å². The molecule has 1 N–H and O–H groups in total. The summed E-state index contributed by atoms with van der Waals surface area (Å²) < 4.78 is 7.49. The summed E-state index contributed by atoms with van der Waals surface area (Å²) >= 11 is 0. The summed E-state index contributed by atoms with van der Waals surface area (Å²) in [5.74, 6) is -0.916. The Balaban J connectivity index is 1.53. The standard InChI is InChI=1S/C24H17N5O3/c30-23-20(21(24(31)27-23)22-15-6-2-4-8-18(15)32-28-22)16-13-29(12-9-19-25-10-11-26-19)17-7-3-1-5-14(16)17/h1-8,10-11,13,19H,9,12H2,(H,27,30,31). The molecule has 2 amide bonds. The van der Waals surface area contributed by atoms with Crippen LogP contribution in [-0.2, 0) is 16.1 Å². The zero-order valence-electron chi connectivity index (χ0n) is 16.9. The van der Waals surface area contributed by atoms with Gasteiger partial charge in [0.15, 0.2) is 5.58 Å². The first-order valence-corrected chi connectivity index (χ1v) is 10.3. The van der Waals surface area contributed by atoms with Crippen LogP contribution in [-0.4, -0.2) is 40.1 Å². The van der Waals surface area contributed by atoms with Crippen LogP contribution in [0, 0.1) is 0 Å². The second-order valence-electron chi connectivity index (χ2n) is 7.68. The number of rotatable bonds is 5. The first-order chi connectivity index (χ1) is 15.7. The molecule has 156 valence electrons. The molecule has 0 saturated heterocycles. The molecule has 0 saturated carbocycles. The predicted octanol–water partition coefficient (Wildman–Crippen LogP) is 3.22. The van der Waals surface area contributed by atoms with Crippen LogP contribution in [0.3, 0.4) is 0 Å². The second kappa shape index (κ2) is 7.12. The number of benzene rings is 2. The highest BCUT2D eigenvalue weighted by molar-refractivity contribution is 6.50. The minimum Gasteiger partial charge on any atom is -0.356 e. The molecule has 4 heterocycles. The fourth-order valence-corrected chi connectivity index (χ4v) is 4.35. The first kappa shape index (κ1) is 18.4. The van der Waals surface area contributed by atoms with Gasteiger partial charge in [0.05, 0.1) is 11.1 Å². The van der Waals surface area contributed by atoms with Gasteiger partial charge in [0, 0.05) is 53.4 Å². The van der Waals surface area contributed by atoms with Gasteiger partial charge in [-0.05, 0) is 18.2 Å². The van der Waals surface area contributed by atoms with E-state index in [1.165, 1.54) is 0 Å². The summed E-state index contributed by atoms with van der Waals surface area (Å²) in [7, 11) is 0. The molecule has 4 aromatic rings. The van der Waals surface area contributed by atoms with Crippen molar-refractivity contribution in [2.45, 2.75) is 19.1 Å². The van der Waals surface area contributed by atoms with Crippen molar-refractivity contribution in [3.63, 3.8) is 0 Å². The zero-order valence-corrected chi connectivity index (χ0v) is 16.9. The van der Waals surface area contributed by atoms with Crippen molar-refractivity contribution >= 4 is 57.3 Å². The molecule has 2 aliphatic rings. The van der Waals surface area contributed by atoms with E-state index in [2.05, 4.69) is 25.0 Å². The van der Waals surface area contributed by atoms with Crippen molar-refractivity contribution in [2.24, 2.45) is 9.98 Å². The Hall–Kier alpha value is -4.33. The van der Waals surface area contributed by atoms with Crippen molar-refractivity contribution in [3.8, 4) is 0 Å². The van der Waals surface area contributed by atoms with Gasteiger partial charge < -0.3 is 9.09 Å². The Morgan fingerprint density at radius 2 is 1.62 bits per heavy atom. The Bertz CT molecular complexity index is 1490. The van der Waals surface area contributed by atoms with E-state index >= 15 is 0 Å². The van der Waals surface area contributed by atoms with Crippen LogP contribution >= 0.6 is 0 Å². The number of aromatic nitrogens is 2. The van der Waals surface area contributed by atoms with Crippen LogP contribution in [0.2, 0.25) is 0 Å². The maximum Gasteiger partial charge on any atom is 0.261 e. The Kier molecular flexibility index (Phi) is 4.10. The number of para-hydroxylation sites is 2. The molecule has 0 bridgehead atoms. The maximum absolute atomic E-state index is 13.0. The summed E-state index contributed by atoms with van der Waals surface area (Å²) in [5.41, 5.74) is 3.11. The number of nitrogens with one attached hydrogen (secondary N) is 1. The number of imide groups is 1. The molecule has 6 rings (SSSR count). The molecule has 2 aromatic heterocycles. The quantitative estimate of drug-likeness (QED) is 0.498. The Morgan fingerprint density at radius 3 is 2.47 bits per heavy atom. The van der Waals surface area contributed by atoms with Gasteiger partial charge >= 0.3 is 0 Å². The molecule has 0 unspecified atom stereocenters. The average Bonchev–Trinajstić information content (AvgIpc) is 3.58. The number of amides is 2. The molecule has 0 fully saturated rings. The van der Waals surface area contributed by atoms with Gasteiger partial charge in [-0.25, -0.2) is 0 Å². The molecule has 2 aromatic carbocycles. The number of aryl methyl sites for hydroxylation is 1. The topological polar surface area (TPSA) is 102 Å². The SMILES string of the molecule is O=C1NC(=O)C(c2cn(CCC3N=CC=N3)c3ccccc23)=C1c1noc2ccccc12. The van der Waals surface area contributed by atoms with Crippen molar-refractivity contribution < 1.29 is 14.1 Å². The van der Waals surface area contributed by atoms with Gasteiger partial charge in [-0.2, -0.15) is 0 Å². The molecule has 2 aliphatic heterocycles. The summed E-state index contributed by atoms with van der Waals surface area (Å²) in [5, 5.41) is 8.14. The monoisotopic (exact) mass is 423 g/mol. The van der Waals surface area contributed by atoms with Crippen molar-refractivity contribution in [1.29, 1.82) is 0 Å². The van der Waals surface area contributed by atoms with Crippen LogP contribution in [0.5, 0.6) is 0 Å². The highest BCUT2D eigenvalue weighted by atomic mass is 16.5. The minimum absolute atomic E-state index is 0.0905. The third kappa shape index (κ3) is 2.80. The smallest absolute Gasteiger partial charge is 0.261 e. The van der Waals surface area contributed by atoms with Crippen LogP contribution in [0.15, 0.2) is 69.2 Å². The number of nitrogens with zero attached hydrogens (tertiary/aromatic N) is 4. The molecule has 0 radical (unpaired) electrons. The molecule has 32 heavy (non-hydrogen) atoms. The maximum atomic E-state index is 13.0. The summed E-state index contributed by atoms with van der Waals surface area (Å²) in [6.45, 7) is 0.672. The van der Waals surface area contributed by atoms with Gasteiger partial charge in [-0.3, -0.25) is 24.9 Å². The summed E-state index contributed by atoms with van der Waals surface area (Å²) in [6, 6.07) is 15.1. The van der Waals surface area contributed by atoms with E-state index < -0.39 is 11.8 Å². The number of aliphatic imine (C=N–C) groups is 2. The Labute approximate surface area is 181 Å². The van der Waals surface area contributed by atoms with E-state index in [-0.39, 0.29) is 11.7 Å². The lowest BCUT2D eigenvalue weighted by atomic mass is 9.97. The van der Waals surface area contributed by atoms with Gasteiger partial charge in [-0.1, -0.05) is 35.5 Å². The summed E-state index contributed by atoms with van der Waals surface area (Å²) in [4.78, 5) is 34.4. The molecule has 0 atom stereocenters. The fraction of sp³-hybridized carbons (Fsp3) is 0.125. The second-order valence-corrected chi connectivity index (χ2v) is 7.68. The van der Waals surface area contributed by atoms with E-state index in [4.69, 9.17) is 4.52 Å². The number of carbonyl (C=O) groups excluding carboxylic acids is 2. The first-order valence-electron chi connectivity index (χ1n) is 10.3. The van der Waals surface area contributed by atoms with E-state index in [0.717, 1.165) is 17.3 Å². The van der Waals surface area contributed by atoms with Crippen LogP contribution in [0.4, 0.5) is 0 Å². The van der Waals surface area contributed by atoms with E-state index in [1.54, 1.807) is 18.5 Å². The number of hydrogen-bond donors (Lipinski definition) is 1. The highest BCUT2D eigenvalue weighted by Crippen LogP contribution is 2.37. The van der Waals surface area contributed by atoms with Gasteiger partial charge in [0.1, 0.15) is 11.9 Å². The number of carbonyl (C=O) groups is 2. The van der Waals surface area contributed by atoms with Gasteiger partial charge in [0.2, 0.25) is 0 Å². The average molecular weight is 423 g/mol. The van der Waals surface area contributed by atoms with E-state index in [1.807, 2.05) is 48.7 Å². The molecule has 8 nitrogen and oxygen atoms in total. The van der Waals surface area contributed by atoms with Crippen molar-refractivity contribution in [3.05, 3.63) is 66.0 Å². The third-order valence-corrected chi connectivity index (χ3v) is 5.81. The third-order valence-electron chi connectivity index (χ3n) is 5.81. The molecular weight excluding hydrogens is 406 g/mol. The highest BCUT2D eigenvalue weighted by Gasteiger charge is 2.36. The lowest BCUT2D eigenvalue weighted by Crippen LogP contribution is -2.22. The molecule has 8 heteroatoms. The summed E-state index contributed by atoms with van der Waals surface area (Å²) in [6.07, 6.45) is 5.97. The largest absolute Gasteiger partial charge is 0.356 e. The molecular formula is C24H17N5O3. The minimum atomic E-state index is -0.476. The lowest BCUT2D eigenvalue weighted by Gasteiger charge is -2.07. The lowest BCUT2D eigenvalue weighted by molar-refractivity contribution is -0.122. The van der Waals surface area contributed by atoms with E-state index in [9.17, 15) is 9.59 Å². The molecule has 0 spiro atoms. The van der Waals surface area contributed by atoms with Crippen molar-refractivity contribution in [2.75, 3.05) is 0 Å². The van der Waals surface area contributed by atoms with Gasteiger partial charge in [0.25, 0.3) is 11.8 Å². The molecule has 0 aliphatic carbocycles. The fourth-order valence-electron chi connectivity index (χ4n) is 4.35. The van der Waals surface area contributed by atoms with Crippen LogP contribution < -0.4 is 5.32 Å². The van der Waals surface area contributed by atoms with Crippen LogP contribution in [0.25, 0.3) is 33.0 Å². The van der Waals surface area contributed by atoms with Gasteiger partial charge in [-0.15, -0.1) is 0 Å².